The molecular formula is C41H77NS2. The van der Waals surface area contributed by atoms with Crippen LogP contribution >= 0.6 is 21.6 Å². The van der Waals surface area contributed by atoms with Gasteiger partial charge in [-0.3, -0.25) is 0 Å². The molecule has 0 aliphatic carbocycles. The summed E-state index contributed by atoms with van der Waals surface area (Å²) in [5.41, 5.74) is 0. The van der Waals surface area contributed by atoms with Gasteiger partial charge in [0, 0.05) is 17.5 Å². The summed E-state index contributed by atoms with van der Waals surface area (Å²) in [5, 5.41) is 0.860. The Morgan fingerprint density at radius 3 is 1.20 bits per heavy atom. The molecule has 0 aromatic carbocycles. The van der Waals surface area contributed by atoms with Gasteiger partial charge in [-0.15, -0.1) is 0 Å². The van der Waals surface area contributed by atoms with E-state index >= 15 is 0 Å². The second-order valence-corrected chi connectivity index (χ2v) is 15.9. The Bertz CT molecular complexity index is 603. The summed E-state index contributed by atoms with van der Waals surface area (Å²) in [4.78, 5) is 2.31. The number of hydrogen-bond donors (Lipinski definition) is 0. The fraction of sp³-hybridized carbons (Fsp3) is 0.805. The molecule has 0 radical (unpaired) electrons. The third-order valence-corrected chi connectivity index (χ3v) is 11.2. The molecule has 0 N–H and O–H groups in total. The van der Waals surface area contributed by atoms with Crippen LogP contribution in [-0.4, -0.2) is 36.5 Å². The molecule has 1 nitrogen and oxygen atoms in total. The lowest BCUT2D eigenvalue weighted by molar-refractivity contribution is 0.438. The van der Waals surface area contributed by atoms with Crippen LogP contribution in [0.15, 0.2) is 48.6 Å². The normalized spacial score (nSPS) is 12.6. The topological polar surface area (TPSA) is 3.24 Å². The molecule has 0 heterocycles. The molecule has 0 fully saturated rings. The summed E-state index contributed by atoms with van der Waals surface area (Å²) in [6, 6.07) is 0. The van der Waals surface area contributed by atoms with Gasteiger partial charge in [-0.1, -0.05) is 174 Å². The van der Waals surface area contributed by atoms with Crippen LogP contribution in [0, 0.1) is 0 Å². The zero-order valence-electron chi connectivity index (χ0n) is 30.3. The Morgan fingerprint density at radius 2 is 0.818 bits per heavy atom. The van der Waals surface area contributed by atoms with Crippen molar-refractivity contribution in [3.8, 4) is 0 Å². The molecule has 258 valence electrons. The maximum absolute atomic E-state index is 2.40. The van der Waals surface area contributed by atoms with Crippen LogP contribution in [0.3, 0.4) is 0 Å². The smallest absolute Gasteiger partial charge is 0.0165 e. The van der Waals surface area contributed by atoms with Crippen LogP contribution in [0.2, 0.25) is 0 Å². The Hall–Kier alpha value is -0.380. The van der Waals surface area contributed by atoms with Crippen LogP contribution in [0.4, 0.5) is 0 Å². The number of nitrogens with zero attached hydrogens (tertiary/aromatic N) is 1. The molecule has 0 atom stereocenters. The fourth-order valence-corrected chi connectivity index (χ4v) is 8.25. The molecule has 0 amide bonds. The maximum atomic E-state index is 2.40. The van der Waals surface area contributed by atoms with Crippen molar-refractivity contribution in [2.24, 2.45) is 0 Å². The van der Waals surface area contributed by atoms with Gasteiger partial charge in [0.15, 0.2) is 0 Å². The molecule has 0 saturated carbocycles. The minimum atomic E-state index is 0.860. The van der Waals surface area contributed by atoms with E-state index in [1.807, 2.05) is 0 Å². The summed E-state index contributed by atoms with van der Waals surface area (Å²) in [5.74, 6) is 1.25. The van der Waals surface area contributed by atoms with Crippen LogP contribution in [0.5, 0.6) is 0 Å². The highest BCUT2D eigenvalue weighted by atomic mass is 33.1. The minimum Gasteiger partial charge on any atom is -0.309 e. The van der Waals surface area contributed by atoms with Gasteiger partial charge in [-0.25, -0.2) is 0 Å². The molecule has 0 rings (SSSR count). The van der Waals surface area contributed by atoms with Crippen LogP contribution in [0.25, 0.3) is 0 Å². The molecule has 0 aliphatic rings. The Labute approximate surface area is 286 Å². The zero-order valence-corrected chi connectivity index (χ0v) is 31.9. The average molecular weight is 648 g/mol. The first-order chi connectivity index (χ1) is 21.7. The summed E-state index contributed by atoms with van der Waals surface area (Å²) in [7, 11) is 8.71. The zero-order chi connectivity index (χ0) is 32.0. The van der Waals surface area contributed by atoms with Gasteiger partial charge in [0.1, 0.15) is 0 Å². The predicted octanol–water partition coefficient (Wildman–Crippen LogP) is 14.7. The molecule has 0 saturated heterocycles. The first kappa shape index (κ1) is 43.6. The van der Waals surface area contributed by atoms with Crippen molar-refractivity contribution in [2.45, 2.75) is 186 Å². The van der Waals surface area contributed by atoms with E-state index in [0.717, 1.165) is 18.1 Å². The molecule has 0 aliphatic heterocycles. The van der Waals surface area contributed by atoms with Crippen molar-refractivity contribution in [1.29, 1.82) is 0 Å². The van der Waals surface area contributed by atoms with E-state index in [1.54, 1.807) is 0 Å². The molecule has 44 heavy (non-hydrogen) atoms. The van der Waals surface area contributed by atoms with Crippen LogP contribution in [0.1, 0.15) is 181 Å². The lowest BCUT2D eigenvalue weighted by Crippen LogP contribution is -2.14. The van der Waals surface area contributed by atoms with E-state index < -0.39 is 0 Å². The van der Waals surface area contributed by atoms with Gasteiger partial charge < -0.3 is 4.90 Å². The molecule has 0 aromatic heterocycles. The maximum Gasteiger partial charge on any atom is 0.0165 e. The summed E-state index contributed by atoms with van der Waals surface area (Å²) >= 11 is 0. The predicted molar refractivity (Wildman–Crippen MR) is 210 cm³/mol. The lowest BCUT2D eigenvalue weighted by Gasteiger charge is -2.17. The van der Waals surface area contributed by atoms with Crippen LogP contribution in [-0.2, 0) is 0 Å². The third kappa shape index (κ3) is 37.8. The third-order valence-electron chi connectivity index (χ3n) is 8.28. The quantitative estimate of drug-likeness (QED) is 0.0383. The Balaban J connectivity index is 3.83. The van der Waals surface area contributed by atoms with Gasteiger partial charge in [0.25, 0.3) is 0 Å². The first-order valence-corrected chi connectivity index (χ1v) is 21.6. The highest BCUT2D eigenvalue weighted by Crippen LogP contribution is 2.33. The molecule has 0 spiro atoms. The van der Waals surface area contributed by atoms with E-state index in [9.17, 15) is 0 Å². The van der Waals surface area contributed by atoms with Crippen molar-refractivity contribution in [1.82, 2.24) is 4.90 Å². The van der Waals surface area contributed by atoms with Crippen molar-refractivity contribution in [3.63, 3.8) is 0 Å². The van der Waals surface area contributed by atoms with Crippen LogP contribution < -0.4 is 0 Å². The molecule has 0 aromatic rings. The van der Waals surface area contributed by atoms with Gasteiger partial charge in [-0.05, 0) is 91.1 Å². The number of allylic oxidation sites excluding steroid dienone is 8. The second-order valence-electron chi connectivity index (χ2n) is 13.1. The van der Waals surface area contributed by atoms with E-state index in [2.05, 4.69) is 103 Å². The largest absolute Gasteiger partial charge is 0.309 e. The SMILES string of the molecule is CCCCC/C=C\C/C=C\CCCCCCCCC(CCCCCCCC/C=C\C/C=C\CCCCC)SSCCN(C)C. The molecule has 3 heteroatoms. The monoisotopic (exact) mass is 648 g/mol. The van der Waals surface area contributed by atoms with E-state index in [0.29, 0.717) is 0 Å². The van der Waals surface area contributed by atoms with Crippen molar-refractivity contribution in [2.75, 3.05) is 26.4 Å². The van der Waals surface area contributed by atoms with Crippen molar-refractivity contribution in [3.05, 3.63) is 48.6 Å². The van der Waals surface area contributed by atoms with Gasteiger partial charge in [0.05, 0.1) is 0 Å². The minimum absolute atomic E-state index is 0.860. The van der Waals surface area contributed by atoms with E-state index in [1.165, 1.54) is 166 Å². The van der Waals surface area contributed by atoms with E-state index in [4.69, 9.17) is 0 Å². The summed E-state index contributed by atoms with van der Waals surface area (Å²) < 4.78 is 0. The Kier molecular flexibility index (Phi) is 38.5. The van der Waals surface area contributed by atoms with Gasteiger partial charge in [0.2, 0.25) is 0 Å². The number of rotatable bonds is 35. The molecule has 0 unspecified atom stereocenters. The number of unbranched alkanes of at least 4 members (excludes halogenated alkanes) is 18. The fourth-order valence-electron chi connectivity index (χ4n) is 5.33. The Morgan fingerprint density at radius 1 is 0.455 bits per heavy atom. The highest BCUT2D eigenvalue weighted by molar-refractivity contribution is 8.76. The summed E-state index contributed by atoms with van der Waals surface area (Å²) in [6.45, 7) is 5.74. The van der Waals surface area contributed by atoms with Gasteiger partial charge in [-0.2, -0.15) is 0 Å². The van der Waals surface area contributed by atoms with Crippen molar-refractivity contribution < 1.29 is 0 Å². The highest BCUT2D eigenvalue weighted by Gasteiger charge is 2.10. The second kappa shape index (κ2) is 38.8. The standard InChI is InChI=1S/C41H77NS2/c1-5-7-9-11-13-15-17-19-21-23-25-27-29-31-33-35-37-41(44-43-40-39-42(3)4)38-36-34-32-30-28-26-24-22-20-18-16-14-12-10-8-6-2/h13-16,19-22,41H,5-12,17-18,23-40H2,1-4H3/b15-13-,16-14-,21-19-,22-20-. The average Bonchev–Trinajstić information content (AvgIpc) is 3.02. The number of hydrogen-bond acceptors (Lipinski definition) is 3. The summed E-state index contributed by atoms with van der Waals surface area (Å²) in [6.07, 6.45) is 54.1. The molecular weight excluding hydrogens is 571 g/mol. The first-order valence-electron chi connectivity index (χ1n) is 19.2. The lowest BCUT2D eigenvalue weighted by atomic mass is 10.0. The van der Waals surface area contributed by atoms with Crippen molar-refractivity contribution >= 4 is 21.6 Å². The van der Waals surface area contributed by atoms with E-state index in [-0.39, 0.29) is 0 Å². The molecule has 0 bridgehead atoms. The van der Waals surface area contributed by atoms with Gasteiger partial charge >= 0.3 is 0 Å².